The zero-order valence-electron chi connectivity index (χ0n) is 18.0. The Morgan fingerprint density at radius 1 is 1.11 bits per heavy atom. The minimum atomic E-state index is -0.186. The van der Waals surface area contributed by atoms with Crippen LogP contribution in [0.15, 0.2) is 42.1 Å². The van der Waals surface area contributed by atoms with E-state index in [2.05, 4.69) is 63.0 Å². The van der Waals surface area contributed by atoms with Crippen molar-refractivity contribution in [2.24, 2.45) is 5.41 Å². The second kappa shape index (κ2) is 9.25. The molecule has 0 unspecified atom stereocenters. The van der Waals surface area contributed by atoms with Crippen molar-refractivity contribution in [2.45, 2.75) is 53.1 Å². The van der Waals surface area contributed by atoms with E-state index < -0.39 is 0 Å². The van der Waals surface area contributed by atoms with Crippen molar-refractivity contribution < 1.29 is 4.79 Å². The topological polar surface area (TPSA) is 59.4 Å². The van der Waals surface area contributed by atoms with Crippen molar-refractivity contribution in [2.75, 3.05) is 26.2 Å². The number of hydrogen-bond acceptors (Lipinski definition) is 4. The van der Waals surface area contributed by atoms with Crippen LogP contribution in [0.4, 0.5) is 0 Å². The molecule has 0 spiro atoms. The Balaban J connectivity index is 1.90. The zero-order valence-corrected chi connectivity index (χ0v) is 18.0. The van der Waals surface area contributed by atoms with Crippen LogP contribution in [0.2, 0.25) is 0 Å². The summed E-state index contributed by atoms with van der Waals surface area (Å²) in [5.41, 5.74) is 1.44. The van der Waals surface area contributed by atoms with Crippen LogP contribution in [0.1, 0.15) is 46.6 Å². The average Bonchev–Trinajstić information content (AvgIpc) is 2.61. The standard InChI is InChI=1S/C23H34N4O/c1-22(2,3)18-23(4,5)25-16-20(15-24)21(28)27-13-11-26(12-14-27)17-19-9-7-6-8-10-19/h6-10,16,25H,11-14,17-18H2,1-5H3/b20-16-. The molecule has 5 heteroatoms. The highest BCUT2D eigenvalue weighted by molar-refractivity contribution is 5.97. The Labute approximate surface area is 170 Å². The Hall–Kier alpha value is -2.32. The number of amides is 1. The predicted octanol–water partition coefficient (Wildman–Crippen LogP) is 3.54. The first-order valence-corrected chi connectivity index (χ1v) is 10.0. The number of carbonyl (C=O) groups excluding carboxylic acids is 1. The molecule has 1 amide bonds. The van der Waals surface area contributed by atoms with Crippen LogP contribution in [-0.4, -0.2) is 47.4 Å². The molecule has 0 aromatic heterocycles. The second-order valence-corrected chi connectivity index (χ2v) is 9.49. The summed E-state index contributed by atoms with van der Waals surface area (Å²) in [7, 11) is 0. The van der Waals surface area contributed by atoms with Crippen molar-refractivity contribution in [3.63, 3.8) is 0 Å². The molecule has 0 aliphatic carbocycles. The van der Waals surface area contributed by atoms with E-state index in [9.17, 15) is 10.1 Å². The van der Waals surface area contributed by atoms with E-state index in [1.165, 1.54) is 5.56 Å². The van der Waals surface area contributed by atoms with E-state index in [4.69, 9.17) is 0 Å². The summed E-state index contributed by atoms with van der Waals surface area (Å²) in [5, 5.41) is 12.8. The van der Waals surface area contributed by atoms with Gasteiger partial charge >= 0.3 is 0 Å². The highest BCUT2D eigenvalue weighted by atomic mass is 16.2. The zero-order chi connectivity index (χ0) is 20.8. The lowest BCUT2D eigenvalue weighted by Gasteiger charge is -2.35. The van der Waals surface area contributed by atoms with Gasteiger partial charge in [-0.1, -0.05) is 51.1 Å². The number of nitriles is 1. The number of nitrogens with zero attached hydrogens (tertiary/aromatic N) is 3. The van der Waals surface area contributed by atoms with Gasteiger partial charge in [-0.25, -0.2) is 0 Å². The van der Waals surface area contributed by atoms with Gasteiger partial charge in [0, 0.05) is 44.5 Å². The largest absolute Gasteiger partial charge is 0.385 e. The van der Waals surface area contributed by atoms with Gasteiger partial charge in [0.15, 0.2) is 0 Å². The number of nitrogens with one attached hydrogen (secondary N) is 1. The van der Waals surface area contributed by atoms with E-state index in [-0.39, 0.29) is 22.4 Å². The van der Waals surface area contributed by atoms with Crippen molar-refractivity contribution in [3.8, 4) is 6.07 Å². The van der Waals surface area contributed by atoms with E-state index >= 15 is 0 Å². The Morgan fingerprint density at radius 3 is 2.25 bits per heavy atom. The quantitative estimate of drug-likeness (QED) is 0.604. The van der Waals surface area contributed by atoms with Gasteiger partial charge in [-0.05, 0) is 31.2 Å². The van der Waals surface area contributed by atoms with Gasteiger partial charge in [-0.2, -0.15) is 5.26 Å². The minimum Gasteiger partial charge on any atom is -0.385 e. The van der Waals surface area contributed by atoms with Gasteiger partial charge in [0.1, 0.15) is 11.6 Å². The fourth-order valence-electron chi connectivity index (χ4n) is 3.91. The Morgan fingerprint density at radius 2 is 1.71 bits per heavy atom. The molecule has 1 aliphatic rings. The van der Waals surface area contributed by atoms with Crippen LogP contribution < -0.4 is 5.32 Å². The summed E-state index contributed by atoms with van der Waals surface area (Å²) < 4.78 is 0. The molecule has 1 N–H and O–H groups in total. The molecule has 1 aliphatic heterocycles. The Kier molecular flexibility index (Phi) is 7.26. The maximum Gasteiger partial charge on any atom is 0.266 e. The molecule has 0 bridgehead atoms. The van der Waals surface area contributed by atoms with Crippen LogP contribution in [-0.2, 0) is 11.3 Å². The third kappa shape index (κ3) is 7.01. The van der Waals surface area contributed by atoms with Crippen molar-refractivity contribution in [3.05, 3.63) is 47.7 Å². The van der Waals surface area contributed by atoms with Gasteiger partial charge in [0.25, 0.3) is 5.91 Å². The van der Waals surface area contributed by atoms with E-state index in [1.54, 1.807) is 11.1 Å². The fraction of sp³-hybridized carbons (Fsp3) is 0.565. The number of piperazine rings is 1. The van der Waals surface area contributed by atoms with Gasteiger partial charge in [0.2, 0.25) is 0 Å². The highest BCUT2D eigenvalue weighted by Gasteiger charge is 2.26. The molecule has 1 heterocycles. The molecule has 0 atom stereocenters. The molecule has 1 aromatic rings. The first kappa shape index (κ1) is 22.0. The van der Waals surface area contributed by atoms with Crippen molar-refractivity contribution >= 4 is 5.91 Å². The summed E-state index contributed by atoms with van der Waals surface area (Å²) in [6.45, 7) is 14.6. The third-order valence-electron chi connectivity index (χ3n) is 4.84. The van der Waals surface area contributed by atoms with Crippen LogP contribution >= 0.6 is 0 Å². The monoisotopic (exact) mass is 382 g/mol. The van der Waals surface area contributed by atoms with Gasteiger partial charge in [-0.3, -0.25) is 9.69 Å². The van der Waals surface area contributed by atoms with Gasteiger partial charge in [0.05, 0.1) is 0 Å². The molecule has 152 valence electrons. The first-order chi connectivity index (χ1) is 13.1. The molecule has 1 aromatic carbocycles. The molecule has 5 nitrogen and oxygen atoms in total. The van der Waals surface area contributed by atoms with E-state index in [0.717, 1.165) is 26.1 Å². The van der Waals surface area contributed by atoms with Crippen molar-refractivity contribution in [1.29, 1.82) is 5.26 Å². The van der Waals surface area contributed by atoms with Crippen LogP contribution in [0, 0.1) is 16.7 Å². The normalized spacial score (nSPS) is 16.6. The third-order valence-corrected chi connectivity index (χ3v) is 4.84. The number of rotatable bonds is 6. The fourth-order valence-corrected chi connectivity index (χ4v) is 3.91. The lowest BCUT2D eigenvalue weighted by atomic mass is 9.82. The molecule has 28 heavy (non-hydrogen) atoms. The second-order valence-electron chi connectivity index (χ2n) is 9.49. The van der Waals surface area contributed by atoms with E-state index in [0.29, 0.717) is 13.1 Å². The molecule has 0 saturated carbocycles. The summed E-state index contributed by atoms with van der Waals surface area (Å²) in [6, 6.07) is 12.4. The maximum absolute atomic E-state index is 12.8. The van der Waals surface area contributed by atoms with E-state index in [1.807, 2.05) is 18.2 Å². The summed E-state index contributed by atoms with van der Waals surface area (Å²) in [5.74, 6) is -0.180. The molecule has 1 saturated heterocycles. The summed E-state index contributed by atoms with van der Waals surface area (Å²) in [4.78, 5) is 16.9. The molecule has 0 radical (unpaired) electrons. The smallest absolute Gasteiger partial charge is 0.266 e. The lowest BCUT2D eigenvalue weighted by molar-refractivity contribution is -0.128. The number of benzene rings is 1. The van der Waals surface area contributed by atoms with Gasteiger partial charge < -0.3 is 10.2 Å². The lowest BCUT2D eigenvalue weighted by Crippen LogP contribution is -2.49. The predicted molar refractivity (Wildman–Crippen MR) is 113 cm³/mol. The van der Waals surface area contributed by atoms with Crippen LogP contribution in [0.5, 0.6) is 0 Å². The number of hydrogen-bond donors (Lipinski definition) is 1. The summed E-state index contributed by atoms with van der Waals surface area (Å²) in [6.07, 6.45) is 2.53. The highest BCUT2D eigenvalue weighted by Crippen LogP contribution is 2.26. The van der Waals surface area contributed by atoms with Crippen LogP contribution in [0.3, 0.4) is 0 Å². The molecular formula is C23H34N4O. The molecule has 1 fully saturated rings. The molecular weight excluding hydrogens is 348 g/mol. The first-order valence-electron chi connectivity index (χ1n) is 10.0. The molecule has 2 rings (SSSR count). The average molecular weight is 383 g/mol. The summed E-state index contributed by atoms with van der Waals surface area (Å²) >= 11 is 0. The van der Waals surface area contributed by atoms with Crippen LogP contribution in [0.25, 0.3) is 0 Å². The van der Waals surface area contributed by atoms with Gasteiger partial charge in [-0.15, -0.1) is 0 Å². The van der Waals surface area contributed by atoms with Crippen molar-refractivity contribution in [1.82, 2.24) is 15.1 Å². The number of carbonyl (C=O) groups is 1. The maximum atomic E-state index is 12.8. The SMILES string of the molecule is CC(C)(C)CC(C)(C)N/C=C(/C#N)C(=O)N1CCN(Cc2ccccc2)CC1. The Bertz CT molecular complexity index is 717. The minimum absolute atomic E-state index is 0.163.